The highest BCUT2D eigenvalue weighted by Gasteiger charge is 2.47. The van der Waals surface area contributed by atoms with Crippen LogP contribution in [0.3, 0.4) is 0 Å². The quantitative estimate of drug-likeness (QED) is 0.0216. The molecule has 0 bridgehead atoms. The molecule has 0 radical (unpaired) electrons. The van der Waals surface area contributed by atoms with Crippen molar-refractivity contribution in [2.45, 2.75) is 242 Å². The normalized spacial score (nSPS) is 27.0. The number of allylic oxidation sites excluding steroid dienone is 4. The number of aliphatic hydroxyl groups is 7. The predicted octanol–water partition coefficient (Wildman–Crippen LogP) is 5.99. The number of aliphatic hydroxyl groups excluding tert-OH is 7. The number of unbranched alkanes of at least 4 members (excludes halogenated alkanes) is 19. The summed E-state index contributed by atoms with van der Waals surface area (Å²) in [4.78, 5) is 25.7. The monoisotopic (exact) mass is 903 g/mol. The molecule has 15 heteroatoms. The topological polar surface area (TPSA) is 231 Å². The Hall–Kier alpha value is -2.02. The van der Waals surface area contributed by atoms with Crippen LogP contribution in [0.4, 0.5) is 0 Å². The largest absolute Gasteiger partial charge is 0.462 e. The third-order valence-electron chi connectivity index (χ3n) is 11.7. The highest BCUT2D eigenvalue weighted by Crippen LogP contribution is 2.26. The molecule has 0 aromatic rings. The van der Waals surface area contributed by atoms with Crippen LogP contribution in [-0.4, -0.2) is 142 Å². The Morgan fingerprint density at radius 2 is 0.968 bits per heavy atom. The second-order valence-electron chi connectivity index (χ2n) is 17.3. The van der Waals surface area contributed by atoms with E-state index in [9.17, 15) is 45.3 Å². The lowest BCUT2D eigenvalue weighted by Crippen LogP contribution is -2.61. The third kappa shape index (κ3) is 24.9. The van der Waals surface area contributed by atoms with Crippen molar-refractivity contribution in [3.63, 3.8) is 0 Å². The van der Waals surface area contributed by atoms with E-state index in [0.717, 1.165) is 64.2 Å². The zero-order valence-corrected chi connectivity index (χ0v) is 38.6. The Kier molecular flexibility index (Phi) is 32.8. The second-order valence-corrected chi connectivity index (χ2v) is 17.3. The molecule has 0 aliphatic carbocycles. The van der Waals surface area contributed by atoms with E-state index in [1.165, 1.54) is 70.6 Å². The van der Waals surface area contributed by atoms with Crippen LogP contribution in [0.15, 0.2) is 24.3 Å². The van der Waals surface area contributed by atoms with Gasteiger partial charge in [-0.3, -0.25) is 9.59 Å². The first-order chi connectivity index (χ1) is 30.5. The third-order valence-corrected chi connectivity index (χ3v) is 11.7. The molecule has 15 nitrogen and oxygen atoms in total. The Morgan fingerprint density at radius 3 is 1.52 bits per heavy atom. The van der Waals surface area contributed by atoms with Crippen LogP contribution < -0.4 is 0 Å². The van der Waals surface area contributed by atoms with Gasteiger partial charge in [0.1, 0.15) is 55.4 Å². The molecule has 2 aliphatic rings. The van der Waals surface area contributed by atoms with Crippen molar-refractivity contribution in [1.82, 2.24) is 0 Å². The molecule has 368 valence electrons. The van der Waals surface area contributed by atoms with Gasteiger partial charge in [0.25, 0.3) is 0 Å². The lowest BCUT2D eigenvalue weighted by atomic mass is 9.98. The second kappa shape index (κ2) is 36.1. The Bertz CT molecular complexity index is 1200. The number of hydrogen-bond donors (Lipinski definition) is 7. The van der Waals surface area contributed by atoms with Gasteiger partial charge in [-0.1, -0.05) is 147 Å². The first-order valence-electron chi connectivity index (χ1n) is 24.4. The molecule has 11 atom stereocenters. The summed E-state index contributed by atoms with van der Waals surface area (Å²) in [7, 11) is 0. The van der Waals surface area contributed by atoms with Gasteiger partial charge in [0.05, 0.1) is 19.8 Å². The van der Waals surface area contributed by atoms with E-state index in [4.69, 9.17) is 28.4 Å². The zero-order chi connectivity index (χ0) is 46.1. The highest BCUT2D eigenvalue weighted by molar-refractivity contribution is 5.70. The van der Waals surface area contributed by atoms with Crippen LogP contribution in [0.5, 0.6) is 0 Å². The van der Waals surface area contributed by atoms with Crippen molar-refractivity contribution >= 4 is 11.9 Å². The van der Waals surface area contributed by atoms with Gasteiger partial charge in [0.2, 0.25) is 0 Å². The average Bonchev–Trinajstić information content (AvgIpc) is 3.28. The summed E-state index contributed by atoms with van der Waals surface area (Å²) in [5, 5.41) is 71.9. The first kappa shape index (κ1) is 57.1. The van der Waals surface area contributed by atoms with E-state index in [1.807, 2.05) is 0 Å². The molecule has 0 saturated carbocycles. The minimum Gasteiger partial charge on any atom is -0.462 e. The van der Waals surface area contributed by atoms with Gasteiger partial charge < -0.3 is 64.2 Å². The minimum atomic E-state index is -1.76. The maximum absolute atomic E-state index is 13.0. The molecular formula is C48H86O15. The molecule has 2 rings (SSSR count). The van der Waals surface area contributed by atoms with Gasteiger partial charge in [0.15, 0.2) is 18.7 Å². The summed E-state index contributed by atoms with van der Waals surface area (Å²) < 4.78 is 33.5. The van der Waals surface area contributed by atoms with Crippen LogP contribution in [0.25, 0.3) is 0 Å². The zero-order valence-electron chi connectivity index (χ0n) is 38.6. The number of rotatable bonds is 37. The van der Waals surface area contributed by atoms with Gasteiger partial charge in [0, 0.05) is 12.8 Å². The van der Waals surface area contributed by atoms with Gasteiger partial charge in [-0.15, -0.1) is 0 Å². The van der Waals surface area contributed by atoms with Crippen molar-refractivity contribution in [2.24, 2.45) is 0 Å². The van der Waals surface area contributed by atoms with Crippen LogP contribution >= 0.6 is 0 Å². The fourth-order valence-corrected chi connectivity index (χ4v) is 7.59. The SMILES string of the molecule is CCCC/C=C\C/C=C\CCCCCCCC(=O)OC(COC(=O)CCCCCCCCCCCCCCC)COC1OC(COC2OC(CO)C(O)C(O)C2O)C(O)C(O)C1O. The Labute approximate surface area is 377 Å². The average molecular weight is 903 g/mol. The van der Waals surface area contributed by atoms with Gasteiger partial charge >= 0.3 is 11.9 Å². The smallest absolute Gasteiger partial charge is 0.306 e. The molecule has 0 aromatic heterocycles. The fraction of sp³-hybridized carbons (Fsp3) is 0.875. The lowest BCUT2D eigenvalue weighted by Gasteiger charge is -2.42. The summed E-state index contributed by atoms with van der Waals surface area (Å²) in [5.41, 5.74) is 0. The van der Waals surface area contributed by atoms with Crippen molar-refractivity contribution in [3.05, 3.63) is 24.3 Å². The van der Waals surface area contributed by atoms with E-state index in [0.29, 0.717) is 12.8 Å². The van der Waals surface area contributed by atoms with E-state index >= 15 is 0 Å². The molecule has 0 amide bonds. The molecule has 2 heterocycles. The highest BCUT2D eigenvalue weighted by atomic mass is 16.7. The van der Waals surface area contributed by atoms with E-state index in [-0.39, 0.29) is 26.1 Å². The van der Waals surface area contributed by atoms with E-state index < -0.39 is 92.7 Å². The number of carbonyl (C=O) groups excluding carboxylic acids is 2. The van der Waals surface area contributed by atoms with Crippen molar-refractivity contribution in [3.8, 4) is 0 Å². The number of hydrogen-bond acceptors (Lipinski definition) is 15. The summed E-state index contributed by atoms with van der Waals surface area (Å²) in [6.07, 6.45) is 17.8. The molecule has 11 unspecified atom stereocenters. The number of esters is 2. The van der Waals surface area contributed by atoms with Gasteiger partial charge in [-0.05, 0) is 38.5 Å². The van der Waals surface area contributed by atoms with E-state index in [1.54, 1.807) is 0 Å². The lowest BCUT2D eigenvalue weighted by molar-refractivity contribution is -0.332. The van der Waals surface area contributed by atoms with Crippen LogP contribution in [0.1, 0.15) is 174 Å². The maximum Gasteiger partial charge on any atom is 0.306 e. The van der Waals surface area contributed by atoms with Crippen LogP contribution in [0.2, 0.25) is 0 Å². The van der Waals surface area contributed by atoms with Gasteiger partial charge in [-0.25, -0.2) is 0 Å². The van der Waals surface area contributed by atoms with Crippen molar-refractivity contribution in [1.29, 1.82) is 0 Å². The Balaban J connectivity index is 1.84. The van der Waals surface area contributed by atoms with Gasteiger partial charge in [-0.2, -0.15) is 0 Å². The predicted molar refractivity (Wildman–Crippen MR) is 238 cm³/mol. The molecule has 2 fully saturated rings. The van der Waals surface area contributed by atoms with Crippen molar-refractivity contribution < 1.29 is 73.8 Å². The fourth-order valence-electron chi connectivity index (χ4n) is 7.59. The van der Waals surface area contributed by atoms with E-state index in [2.05, 4.69) is 38.2 Å². The summed E-state index contributed by atoms with van der Waals surface area (Å²) in [6.45, 7) is 2.53. The molecule has 2 saturated heterocycles. The molecule has 2 aliphatic heterocycles. The van der Waals surface area contributed by atoms with Crippen LogP contribution in [0, 0.1) is 0 Å². The van der Waals surface area contributed by atoms with Crippen molar-refractivity contribution in [2.75, 3.05) is 26.4 Å². The molecule has 0 aromatic carbocycles. The minimum absolute atomic E-state index is 0.151. The summed E-state index contributed by atoms with van der Waals surface area (Å²) in [6, 6.07) is 0. The molecule has 7 N–H and O–H groups in total. The van der Waals surface area contributed by atoms with Crippen LogP contribution in [-0.2, 0) is 38.0 Å². The molecular weight excluding hydrogens is 817 g/mol. The molecule has 63 heavy (non-hydrogen) atoms. The summed E-state index contributed by atoms with van der Waals surface area (Å²) in [5.74, 6) is -0.937. The molecule has 0 spiro atoms. The Morgan fingerprint density at radius 1 is 0.508 bits per heavy atom. The first-order valence-corrected chi connectivity index (χ1v) is 24.4. The maximum atomic E-state index is 13.0. The number of carbonyl (C=O) groups is 2. The number of ether oxygens (including phenoxy) is 6. The summed E-state index contributed by atoms with van der Waals surface area (Å²) >= 11 is 0. The standard InChI is InChI=1S/C48H86O15/c1-3-5-7-9-11-13-15-17-19-21-23-25-27-29-31-40(51)61-36(33-58-39(50)30-28-26-24-22-20-18-16-14-12-10-8-6-4-2)34-59-47-46(57)44(55)42(53)38(63-47)35-60-48-45(56)43(54)41(52)37(32-49)62-48/h9,11,15,17,36-38,41-49,52-57H,3-8,10,12-14,16,18-35H2,1-2H3/b11-9-,17-15-.